The largest absolute Gasteiger partial charge is 0.467 e. The zero-order valence-electron chi connectivity index (χ0n) is 51.8. The predicted molar refractivity (Wildman–Crippen MR) is 314 cm³/mol. The Bertz CT molecular complexity index is 2980. The highest BCUT2D eigenvalue weighted by Gasteiger charge is 2.58. The lowest BCUT2D eigenvalue weighted by molar-refractivity contribution is -0.364. The molecule has 5 aliphatic heterocycles. The Morgan fingerprint density at radius 2 is 0.966 bits per heavy atom. The molecule has 25 atom stereocenters. The standard InChI is InChI=1S/C62H81N9O18/c1-12-41-31(3)32(4)44(66-69-63)60(80-41)86-49-33(5)34(6)58(89-53(49)57(75)76-10)84-47-36(8)46(68-71-65)61(81-42(47)13-2)88-52-50(37(9)72)87-62(54(83-56(74)40-27-21-16-22-28-40)51(52)78-29-38-23-17-14-18-24-38)85-48-35(7)45(67-70-64)59(77-11)82-43(48)30-79-55(73)39-25-19-15-20-26-39/h14-28,31-36,41-54,58-62H,12-13,29-30H2,1-11H3/t31-,32-,33+,34?,35+,36+,41?,42?,43?,44?,45?,46?,47-,48-,49-,50?,51?,52-,53?,54-,58+,59-,60+,61-,62+/m0/s1. The van der Waals surface area contributed by atoms with Gasteiger partial charge in [-0.05, 0) is 95.8 Å². The molecule has 0 amide bonds. The van der Waals surface area contributed by atoms with E-state index in [4.69, 9.17) is 66.3 Å². The summed E-state index contributed by atoms with van der Waals surface area (Å²) < 4.78 is 90.2. The maximum absolute atomic E-state index is 14.5. The molecule has 27 heteroatoms. The highest BCUT2D eigenvalue weighted by Crippen LogP contribution is 2.44. The summed E-state index contributed by atoms with van der Waals surface area (Å²) in [5.74, 6) is -5.40. The number of ketones is 1. The van der Waals surface area contributed by atoms with Crippen molar-refractivity contribution in [2.75, 3.05) is 20.8 Å². The Morgan fingerprint density at radius 3 is 1.52 bits per heavy atom. The van der Waals surface area contributed by atoms with E-state index in [1.54, 1.807) is 86.6 Å². The molecule has 0 spiro atoms. The number of nitrogens with zero attached hydrogens (tertiary/aromatic N) is 9. The minimum atomic E-state index is -1.70. The van der Waals surface area contributed by atoms with Crippen molar-refractivity contribution >= 4 is 23.7 Å². The summed E-state index contributed by atoms with van der Waals surface area (Å²) in [6, 6.07) is 22.5. The van der Waals surface area contributed by atoms with Crippen LogP contribution in [0.4, 0.5) is 0 Å². The molecule has 0 bridgehead atoms. The smallest absolute Gasteiger partial charge is 0.338 e. The lowest BCUT2D eigenvalue weighted by Crippen LogP contribution is -2.66. The minimum absolute atomic E-state index is 0.0442. The van der Waals surface area contributed by atoms with Gasteiger partial charge in [-0.1, -0.05) is 137 Å². The maximum atomic E-state index is 14.5. The lowest BCUT2D eigenvalue weighted by Gasteiger charge is -2.51. The SMILES string of the molecule is CCC1O[C@H](O[C@@H]2C(C(=O)OC)O[C@@H](O[C@@H]3C(CC)O[C@@H](O[C@H]4C(C(C)=O)O[C@@H](O[C@@H]5C(COC(=O)c6ccccc6)O[C@H](OC)C(N=[N+]=[N-])[C@H]5C)[C@@H](OC(=O)c5ccccc5)C4OCc4ccccc4)C(N=[N+]=[N-])[C@H]3C)C(C)[C@H]2C)C(N=[N+]=[N-])[C@@H](C)[C@@H]1C. The molecular weight excluding hydrogens is 1160 g/mol. The summed E-state index contributed by atoms with van der Waals surface area (Å²) >= 11 is 0. The van der Waals surface area contributed by atoms with E-state index in [-0.39, 0.29) is 35.7 Å². The third-order valence-corrected chi connectivity index (χ3v) is 17.9. The van der Waals surface area contributed by atoms with Crippen LogP contribution in [0, 0.1) is 35.5 Å². The van der Waals surface area contributed by atoms with Crippen LogP contribution in [0.15, 0.2) is 106 Å². The van der Waals surface area contributed by atoms with Crippen molar-refractivity contribution in [3.05, 3.63) is 139 Å². The zero-order valence-corrected chi connectivity index (χ0v) is 51.8. The molecule has 5 fully saturated rings. The van der Waals surface area contributed by atoms with Crippen molar-refractivity contribution in [1.29, 1.82) is 0 Å². The fourth-order valence-corrected chi connectivity index (χ4v) is 12.4. The van der Waals surface area contributed by atoms with Crippen molar-refractivity contribution in [2.24, 2.45) is 50.9 Å². The number of carbonyl (C=O) groups is 4. The van der Waals surface area contributed by atoms with Gasteiger partial charge in [-0.3, -0.25) is 4.79 Å². The van der Waals surface area contributed by atoms with Gasteiger partial charge >= 0.3 is 17.9 Å². The van der Waals surface area contributed by atoms with Crippen LogP contribution < -0.4 is 0 Å². The Balaban J connectivity index is 1.12. The van der Waals surface area contributed by atoms with Gasteiger partial charge in [-0.2, -0.15) is 0 Å². The van der Waals surface area contributed by atoms with Crippen molar-refractivity contribution < 1.29 is 85.5 Å². The maximum Gasteiger partial charge on any atom is 0.338 e. The van der Waals surface area contributed by atoms with E-state index in [9.17, 15) is 35.8 Å². The molecule has 0 radical (unpaired) electrons. The Hall–Kier alpha value is -6.77. The van der Waals surface area contributed by atoms with Crippen LogP contribution in [-0.4, -0.2) is 161 Å². The monoisotopic (exact) mass is 1240 g/mol. The molecule has 5 saturated heterocycles. The highest BCUT2D eigenvalue weighted by atomic mass is 16.8. The van der Waals surface area contributed by atoms with E-state index in [0.29, 0.717) is 18.4 Å². The summed E-state index contributed by atoms with van der Waals surface area (Å²) in [7, 11) is 2.59. The minimum Gasteiger partial charge on any atom is -0.467 e. The Morgan fingerprint density at radius 1 is 0.483 bits per heavy atom. The van der Waals surface area contributed by atoms with Crippen LogP contribution in [0.1, 0.15) is 101 Å². The van der Waals surface area contributed by atoms with Crippen LogP contribution in [0.2, 0.25) is 0 Å². The second kappa shape index (κ2) is 31.8. The Labute approximate surface area is 516 Å². The number of carbonyl (C=O) groups excluding carboxylic acids is 4. The average molecular weight is 1240 g/mol. The van der Waals surface area contributed by atoms with Crippen LogP contribution in [0.3, 0.4) is 0 Å². The molecule has 482 valence electrons. The van der Waals surface area contributed by atoms with E-state index < -0.39 is 165 Å². The number of ether oxygens (including phenoxy) is 14. The second-order valence-electron chi connectivity index (χ2n) is 23.3. The van der Waals surface area contributed by atoms with Gasteiger partial charge in [0.15, 0.2) is 49.4 Å². The Kier molecular flexibility index (Phi) is 24.3. The predicted octanol–water partition coefficient (Wildman–Crippen LogP) is 9.90. The molecule has 8 rings (SSSR count). The molecule has 10 unspecified atom stereocenters. The first kappa shape index (κ1) is 68.1. The summed E-state index contributed by atoms with van der Waals surface area (Å²) in [6.07, 6.45) is -18.2. The normalized spacial score (nSPS) is 37.0. The molecule has 0 aromatic heterocycles. The van der Waals surface area contributed by atoms with Crippen LogP contribution in [0.25, 0.3) is 31.3 Å². The highest BCUT2D eigenvalue weighted by molar-refractivity contribution is 5.90. The first-order chi connectivity index (χ1) is 42.9. The molecule has 89 heavy (non-hydrogen) atoms. The van der Waals surface area contributed by atoms with Gasteiger partial charge in [-0.15, -0.1) is 0 Å². The van der Waals surface area contributed by atoms with Gasteiger partial charge < -0.3 is 66.3 Å². The zero-order chi connectivity index (χ0) is 64.1. The van der Waals surface area contributed by atoms with E-state index >= 15 is 0 Å². The van der Waals surface area contributed by atoms with E-state index in [0.717, 1.165) is 0 Å². The topological polar surface area (TPSA) is 344 Å². The first-order valence-corrected chi connectivity index (χ1v) is 30.2. The van der Waals surface area contributed by atoms with Crippen molar-refractivity contribution in [1.82, 2.24) is 0 Å². The van der Waals surface area contributed by atoms with Crippen LogP contribution >= 0.6 is 0 Å². The van der Waals surface area contributed by atoms with Crippen molar-refractivity contribution in [3.63, 3.8) is 0 Å². The molecule has 0 N–H and O–H groups in total. The number of hydrogen-bond acceptors (Lipinski definition) is 21. The van der Waals surface area contributed by atoms with Gasteiger partial charge in [-0.25, -0.2) is 14.4 Å². The van der Waals surface area contributed by atoms with E-state index in [2.05, 4.69) is 30.1 Å². The number of Topliss-reactive ketones (excluding diaryl/α,β-unsaturated/α-hetero) is 1. The summed E-state index contributed by atoms with van der Waals surface area (Å²) in [5.41, 5.74) is 30.7. The number of methoxy groups -OCH3 is 2. The van der Waals surface area contributed by atoms with E-state index in [1.807, 2.05) is 59.7 Å². The number of esters is 3. The molecule has 0 aliphatic carbocycles. The van der Waals surface area contributed by atoms with Gasteiger partial charge in [0.1, 0.15) is 37.1 Å². The van der Waals surface area contributed by atoms with Crippen LogP contribution in [0.5, 0.6) is 0 Å². The van der Waals surface area contributed by atoms with Gasteiger partial charge in [0.25, 0.3) is 0 Å². The van der Waals surface area contributed by atoms with Crippen molar-refractivity contribution in [2.45, 2.75) is 198 Å². The van der Waals surface area contributed by atoms with Crippen LogP contribution in [-0.2, 0) is 82.5 Å². The van der Waals surface area contributed by atoms with Crippen molar-refractivity contribution in [3.8, 4) is 0 Å². The molecule has 5 aliphatic rings. The number of hydrogen-bond donors (Lipinski definition) is 0. The fourth-order valence-electron chi connectivity index (χ4n) is 12.4. The van der Waals surface area contributed by atoms with Gasteiger partial charge in [0.2, 0.25) is 0 Å². The quantitative estimate of drug-likeness (QED) is 0.0264. The summed E-state index contributed by atoms with van der Waals surface area (Å²) in [5, 5.41) is 12.3. The number of azide groups is 3. The third-order valence-electron chi connectivity index (χ3n) is 17.9. The summed E-state index contributed by atoms with van der Waals surface area (Å²) in [4.78, 5) is 65.4. The first-order valence-electron chi connectivity index (χ1n) is 30.2. The van der Waals surface area contributed by atoms with Gasteiger partial charge in [0, 0.05) is 27.8 Å². The molecule has 3 aromatic carbocycles. The van der Waals surface area contributed by atoms with Gasteiger partial charge in [0.05, 0.1) is 67.4 Å². The lowest BCUT2D eigenvalue weighted by atomic mass is 9.81. The summed E-state index contributed by atoms with van der Waals surface area (Å²) in [6.45, 7) is 15.8. The molecule has 3 aromatic rings. The number of benzene rings is 3. The molecular formula is C62H81N9O18. The molecule has 27 nitrogen and oxygen atoms in total. The fraction of sp³-hybridized carbons (Fsp3) is 0.645. The molecule has 5 heterocycles. The number of rotatable bonds is 24. The third kappa shape index (κ3) is 15.7. The second-order valence-corrected chi connectivity index (χ2v) is 23.3. The average Bonchev–Trinajstić information content (AvgIpc) is 2.75. The van der Waals surface area contributed by atoms with E-state index in [1.165, 1.54) is 21.1 Å². The molecule has 0 saturated carbocycles.